The van der Waals surface area contributed by atoms with Crippen molar-refractivity contribution in [3.63, 3.8) is 0 Å². The molecule has 0 saturated heterocycles. The van der Waals surface area contributed by atoms with E-state index in [1.807, 2.05) is 19.1 Å². The van der Waals surface area contributed by atoms with E-state index >= 15 is 0 Å². The van der Waals surface area contributed by atoms with E-state index in [1.165, 1.54) is 11.3 Å². The molecule has 22 heavy (non-hydrogen) atoms. The van der Waals surface area contributed by atoms with E-state index in [2.05, 4.69) is 34.9 Å². The zero-order valence-corrected chi connectivity index (χ0v) is 13.2. The number of benzene rings is 1. The first-order valence-corrected chi connectivity index (χ1v) is 7.92. The third kappa shape index (κ3) is 3.18. The van der Waals surface area contributed by atoms with E-state index in [-0.39, 0.29) is 6.04 Å². The van der Waals surface area contributed by atoms with Gasteiger partial charge < -0.3 is 20.2 Å². The van der Waals surface area contributed by atoms with Crippen molar-refractivity contribution in [2.24, 2.45) is 0 Å². The van der Waals surface area contributed by atoms with Crippen LogP contribution in [0.4, 0.5) is 5.69 Å². The minimum atomic E-state index is -1.01. The standard InChI is InChI=1S/C18H24N2O2/c1-13-9-10-17(22-13)18(2,21)12-20-16-8-5-11-19-15-7-4-3-6-14(15)16/h3-4,6-7,9-10,16,19-21H,5,8,11-12H2,1-2H3. The number of rotatable bonds is 4. The van der Waals surface area contributed by atoms with Crippen LogP contribution in [0.3, 0.4) is 0 Å². The summed E-state index contributed by atoms with van der Waals surface area (Å²) < 4.78 is 5.58. The van der Waals surface area contributed by atoms with Crippen LogP contribution in [0.5, 0.6) is 0 Å². The van der Waals surface area contributed by atoms with Gasteiger partial charge in [0.1, 0.15) is 17.1 Å². The summed E-state index contributed by atoms with van der Waals surface area (Å²) in [6, 6.07) is 12.4. The minimum absolute atomic E-state index is 0.244. The summed E-state index contributed by atoms with van der Waals surface area (Å²) in [6.45, 7) is 5.13. The molecule has 4 heteroatoms. The summed E-state index contributed by atoms with van der Waals surface area (Å²) in [5.74, 6) is 1.43. The number of furan rings is 1. The third-order valence-corrected chi connectivity index (χ3v) is 4.29. The molecule has 0 bridgehead atoms. The molecule has 0 saturated carbocycles. The first-order valence-electron chi connectivity index (χ1n) is 7.92. The second-order valence-electron chi connectivity index (χ2n) is 6.27. The Morgan fingerprint density at radius 3 is 2.91 bits per heavy atom. The van der Waals surface area contributed by atoms with E-state index in [1.54, 1.807) is 6.92 Å². The number of aryl methyl sites for hydroxylation is 1. The molecule has 0 aliphatic carbocycles. The zero-order valence-electron chi connectivity index (χ0n) is 13.2. The Morgan fingerprint density at radius 2 is 2.14 bits per heavy atom. The van der Waals surface area contributed by atoms with Crippen molar-refractivity contribution in [2.45, 2.75) is 38.3 Å². The molecule has 2 heterocycles. The van der Waals surface area contributed by atoms with Gasteiger partial charge in [0.05, 0.1) is 0 Å². The van der Waals surface area contributed by atoms with E-state index in [0.717, 1.165) is 25.1 Å². The SMILES string of the molecule is Cc1ccc(C(C)(O)CNC2CCCNc3ccccc32)o1. The molecule has 0 amide bonds. The maximum Gasteiger partial charge on any atom is 0.136 e. The monoisotopic (exact) mass is 300 g/mol. The first-order chi connectivity index (χ1) is 10.6. The molecule has 4 nitrogen and oxygen atoms in total. The summed E-state index contributed by atoms with van der Waals surface area (Å²) in [6.07, 6.45) is 2.16. The molecular formula is C18H24N2O2. The Kier molecular flexibility index (Phi) is 4.23. The Hall–Kier alpha value is -1.78. The van der Waals surface area contributed by atoms with Crippen molar-refractivity contribution < 1.29 is 9.52 Å². The molecule has 2 atom stereocenters. The lowest BCUT2D eigenvalue weighted by Gasteiger charge is -2.26. The summed E-state index contributed by atoms with van der Waals surface area (Å²) >= 11 is 0. The molecule has 0 fully saturated rings. The van der Waals surface area contributed by atoms with Crippen LogP contribution in [-0.2, 0) is 5.60 Å². The fraction of sp³-hybridized carbons (Fsp3) is 0.444. The molecule has 118 valence electrons. The first kappa shape index (κ1) is 15.1. The van der Waals surface area contributed by atoms with Gasteiger partial charge in [-0.2, -0.15) is 0 Å². The van der Waals surface area contributed by atoms with Crippen LogP contribution in [0.15, 0.2) is 40.8 Å². The number of anilines is 1. The van der Waals surface area contributed by atoms with Gasteiger partial charge in [0.2, 0.25) is 0 Å². The highest BCUT2D eigenvalue weighted by Gasteiger charge is 2.28. The van der Waals surface area contributed by atoms with Crippen LogP contribution in [0, 0.1) is 6.92 Å². The van der Waals surface area contributed by atoms with Crippen LogP contribution >= 0.6 is 0 Å². The Morgan fingerprint density at radius 1 is 1.32 bits per heavy atom. The number of hydrogen-bond donors (Lipinski definition) is 3. The molecule has 1 aromatic heterocycles. The molecule has 1 aromatic carbocycles. The molecule has 0 radical (unpaired) electrons. The quantitative estimate of drug-likeness (QED) is 0.810. The number of para-hydroxylation sites is 1. The third-order valence-electron chi connectivity index (χ3n) is 4.29. The van der Waals surface area contributed by atoms with Gasteiger partial charge in [-0.25, -0.2) is 0 Å². The van der Waals surface area contributed by atoms with Gasteiger partial charge in [0, 0.05) is 24.8 Å². The number of fused-ring (bicyclic) bond motifs is 1. The topological polar surface area (TPSA) is 57.4 Å². The van der Waals surface area contributed by atoms with E-state index in [4.69, 9.17) is 4.42 Å². The van der Waals surface area contributed by atoms with E-state index in [0.29, 0.717) is 12.3 Å². The van der Waals surface area contributed by atoms with Gasteiger partial charge in [-0.15, -0.1) is 0 Å². The molecule has 2 aromatic rings. The Labute approximate surface area is 131 Å². The smallest absolute Gasteiger partial charge is 0.136 e. The van der Waals surface area contributed by atoms with Gasteiger partial charge in [0.15, 0.2) is 0 Å². The predicted molar refractivity (Wildman–Crippen MR) is 87.9 cm³/mol. The van der Waals surface area contributed by atoms with Gasteiger partial charge in [-0.05, 0) is 50.5 Å². The number of hydrogen-bond acceptors (Lipinski definition) is 4. The second-order valence-corrected chi connectivity index (χ2v) is 6.27. The van der Waals surface area contributed by atoms with Crippen molar-refractivity contribution in [1.82, 2.24) is 5.32 Å². The molecule has 3 N–H and O–H groups in total. The predicted octanol–water partition coefficient (Wildman–Crippen LogP) is 3.33. The average molecular weight is 300 g/mol. The second kappa shape index (κ2) is 6.15. The Bertz CT molecular complexity index is 634. The summed E-state index contributed by atoms with van der Waals surface area (Å²) in [4.78, 5) is 0. The van der Waals surface area contributed by atoms with Gasteiger partial charge in [-0.1, -0.05) is 18.2 Å². The molecular weight excluding hydrogens is 276 g/mol. The van der Waals surface area contributed by atoms with Crippen molar-refractivity contribution in [2.75, 3.05) is 18.4 Å². The van der Waals surface area contributed by atoms with E-state index in [9.17, 15) is 5.11 Å². The largest absolute Gasteiger partial charge is 0.463 e. The minimum Gasteiger partial charge on any atom is -0.463 e. The zero-order chi connectivity index (χ0) is 15.6. The summed E-state index contributed by atoms with van der Waals surface area (Å²) in [5, 5.41) is 17.7. The lowest BCUT2D eigenvalue weighted by atomic mass is 9.99. The summed E-state index contributed by atoms with van der Waals surface area (Å²) in [7, 11) is 0. The van der Waals surface area contributed by atoms with Gasteiger partial charge in [0.25, 0.3) is 0 Å². The normalized spacial score (nSPS) is 20.6. The molecule has 0 spiro atoms. The highest BCUT2D eigenvalue weighted by Crippen LogP contribution is 2.30. The van der Waals surface area contributed by atoms with Crippen molar-refractivity contribution in [1.29, 1.82) is 0 Å². The van der Waals surface area contributed by atoms with Crippen LogP contribution in [0.1, 0.15) is 42.9 Å². The summed E-state index contributed by atoms with van der Waals surface area (Å²) in [5.41, 5.74) is 1.44. The Balaban J connectivity index is 1.73. The molecule has 3 rings (SSSR count). The molecule has 1 aliphatic heterocycles. The molecule has 1 aliphatic rings. The fourth-order valence-corrected chi connectivity index (χ4v) is 2.99. The van der Waals surface area contributed by atoms with Crippen molar-refractivity contribution in [3.8, 4) is 0 Å². The number of aliphatic hydroxyl groups is 1. The van der Waals surface area contributed by atoms with Crippen LogP contribution in [0.2, 0.25) is 0 Å². The van der Waals surface area contributed by atoms with Crippen LogP contribution in [0.25, 0.3) is 0 Å². The van der Waals surface area contributed by atoms with Gasteiger partial charge in [-0.3, -0.25) is 0 Å². The maximum absolute atomic E-state index is 10.7. The molecule has 2 unspecified atom stereocenters. The van der Waals surface area contributed by atoms with Crippen molar-refractivity contribution in [3.05, 3.63) is 53.5 Å². The average Bonchev–Trinajstić information content (AvgIpc) is 2.84. The number of nitrogens with one attached hydrogen (secondary N) is 2. The fourth-order valence-electron chi connectivity index (χ4n) is 2.99. The lowest BCUT2D eigenvalue weighted by Crippen LogP contribution is -2.37. The highest BCUT2D eigenvalue weighted by molar-refractivity contribution is 5.53. The highest BCUT2D eigenvalue weighted by atomic mass is 16.4. The van der Waals surface area contributed by atoms with Crippen molar-refractivity contribution >= 4 is 5.69 Å². The van der Waals surface area contributed by atoms with Gasteiger partial charge >= 0.3 is 0 Å². The lowest BCUT2D eigenvalue weighted by molar-refractivity contribution is 0.0305. The van der Waals surface area contributed by atoms with Crippen LogP contribution in [-0.4, -0.2) is 18.2 Å². The maximum atomic E-state index is 10.7. The van der Waals surface area contributed by atoms with Crippen LogP contribution < -0.4 is 10.6 Å². The van der Waals surface area contributed by atoms with E-state index < -0.39 is 5.60 Å².